The van der Waals surface area contributed by atoms with Gasteiger partial charge in [0.2, 0.25) is 17.6 Å². The van der Waals surface area contributed by atoms with Crippen LogP contribution < -0.4 is 16.0 Å². The third-order valence-corrected chi connectivity index (χ3v) is 13.5. The highest BCUT2D eigenvalue weighted by Crippen LogP contribution is 2.42. The summed E-state index contributed by atoms with van der Waals surface area (Å²) in [6.07, 6.45) is 3.45. The van der Waals surface area contributed by atoms with Crippen molar-refractivity contribution in [2.24, 2.45) is 11.8 Å². The maximum atomic E-state index is 13.4. The van der Waals surface area contributed by atoms with Gasteiger partial charge >= 0.3 is 6.18 Å². The molecule has 3 aliphatic heterocycles. The van der Waals surface area contributed by atoms with Crippen LogP contribution in [0.5, 0.6) is 0 Å². The number of aromatic nitrogens is 3. The summed E-state index contributed by atoms with van der Waals surface area (Å²) in [5.74, 6) is -2.97. The molecule has 4 N–H and O–H groups in total. The number of hydrogen-bond acceptors (Lipinski definition) is 12. The summed E-state index contributed by atoms with van der Waals surface area (Å²) in [5, 5.41) is 20.2. The van der Waals surface area contributed by atoms with Crippen LogP contribution >= 0.6 is 11.3 Å². The Morgan fingerprint density at radius 1 is 0.934 bits per heavy atom. The molecule has 1 saturated carbocycles. The van der Waals surface area contributed by atoms with Crippen molar-refractivity contribution in [2.75, 3.05) is 36.8 Å². The molecule has 1 aliphatic carbocycles. The summed E-state index contributed by atoms with van der Waals surface area (Å²) in [6, 6.07) is 8.65. The summed E-state index contributed by atoms with van der Waals surface area (Å²) in [6.45, 7) is 6.85. The number of halogens is 3. The molecule has 5 heterocycles. The van der Waals surface area contributed by atoms with E-state index in [9.17, 15) is 42.3 Å². The van der Waals surface area contributed by atoms with Gasteiger partial charge in [-0.15, -0.1) is 11.3 Å². The monoisotopic (exact) mass is 860 g/mol. The number of piperidine rings is 2. The predicted octanol–water partition coefficient (Wildman–Crippen LogP) is 6.47. The van der Waals surface area contributed by atoms with Gasteiger partial charge in [0.25, 0.3) is 17.7 Å². The number of benzene rings is 2. The number of fused-ring (bicyclic) bond motifs is 2. The Hall–Kier alpha value is -5.33. The number of aliphatic hydroxyl groups is 1. The number of carbonyl (C=O) groups excluding carboxylic acids is 5. The second kappa shape index (κ2) is 16.9. The summed E-state index contributed by atoms with van der Waals surface area (Å²) in [5.41, 5.74) is 0.614. The van der Waals surface area contributed by atoms with Crippen molar-refractivity contribution in [1.82, 2.24) is 30.1 Å². The minimum atomic E-state index is -4.81. The number of imide groups is 2. The van der Waals surface area contributed by atoms with Crippen LogP contribution in [-0.2, 0) is 21.4 Å². The number of anilines is 2. The van der Waals surface area contributed by atoms with E-state index >= 15 is 0 Å². The molecule has 0 bridgehead atoms. The first-order valence-corrected chi connectivity index (χ1v) is 21.5. The molecule has 8 rings (SSSR count). The molecule has 0 spiro atoms. The molecule has 5 amide bonds. The fourth-order valence-electron chi connectivity index (χ4n) is 9.07. The average molecular weight is 861 g/mol. The summed E-state index contributed by atoms with van der Waals surface area (Å²) < 4.78 is 40.4. The quantitative estimate of drug-likeness (QED) is 0.121. The summed E-state index contributed by atoms with van der Waals surface area (Å²) in [7, 11) is 0. The molecule has 4 aliphatic rings. The molecule has 322 valence electrons. The standard InChI is InChI=1S/C43H47F3N8O6S/c1-42(2,60)27-20-31-33(21-30(27)49-36(56)29-13-17-48-41(51-29)43(44,45)46)61-38(50-31)25-8-6-24(7-9-25)22-53-18-14-23(15-19-53)12-16-47-28-5-3-4-26-35(28)40(59)54(39(26)58)32-10-11-34(55)52-37(32)57/h3-5,13,17,20-21,23-25,32,47,60H,6-12,14-16,18-19,22H2,1-2H3,(H,49,56)(H,52,55,57). The van der Waals surface area contributed by atoms with Crippen molar-refractivity contribution in [1.29, 1.82) is 0 Å². The van der Waals surface area contributed by atoms with Crippen LogP contribution in [0.15, 0.2) is 42.6 Å². The Kier molecular flexibility index (Phi) is 11.7. The van der Waals surface area contributed by atoms with Crippen LogP contribution in [0.4, 0.5) is 24.5 Å². The number of carbonyl (C=O) groups is 5. The SMILES string of the molecule is CC(C)(O)c1cc2nc(C3CCC(CN4CCC(CCNc5cccc6c5C(=O)N(C5CCC(=O)NC5=O)C6=O)CC4)CC3)sc2cc1NC(=O)c1ccnc(C(F)(F)F)n1. The van der Waals surface area contributed by atoms with Crippen molar-refractivity contribution >= 4 is 62.5 Å². The van der Waals surface area contributed by atoms with E-state index in [0.29, 0.717) is 35.1 Å². The van der Waals surface area contributed by atoms with Gasteiger partial charge in [0.1, 0.15) is 11.7 Å². The Morgan fingerprint density at radius 2 is 1.69 bits per heavy atom. The highest BCUT2D eigenvalue weighted by atomic mass is 32.1. The number of rotatable bonds is 11. The molecule has 0 radical (unpaired) electrons. The lowest BCUT2D eigenvalue weighted by atomic mass is 9.81. The third-order valence-electron chi connectivity index (χ3n) is 12.3. The Labute approximate surface area is 353 Å². The van der Waals surface area contributed by atoms with Gasteiger partial charge in [-0.25, -0.2) is 15.0 Å². The van der Waals surface area contributed by atoms with Gasteiger partial charge in [0.05, 0.1) is 32.0 Å². The number of nitrogens with one attached hydrogen (secondary N) is 3. The topological polar surface area (TPSA) is 187 Å². The second-order valence-corrected chi connectivity index (χ2v) is 18.1. The Balaban J connectivity index is 0.811. The number of likely N-dealkylation sites (tertiary alicyclic amines) is 1. The number of nitrogens with zero attached hydrogens (tertiary/aromatic N) is 5. The maximum absolute atomic E-state index is 13.4. The van der Waals surface area contributed by atoms with Gasteiger partial charge in [-0.2, -0.15) is 13.2 Å². The van der Waals surface area contributed by atoms with Crippen molar-refractivity contribution in [3.05, 3.63) is 75.8 Å². The molecular formula is C43H47F3N8O6S. The summed E-state index contributed by atoms with van der Waals surface area (Å²) in [4.78, 5) is 78.9. The lowest BCUT2D eigenvalue weighted by molar-refractivity contribution is -0.145. The number of alkyl halides is 3. The average Bonchev–Trinajstić information content (AvgIpc) is 3.75. The van der Waals surface area contributed by atoms with E-state index in [2.05, 4.69) is 30.8 Å². The Bertz CT molecular complexity index is 2380. The van der Waals surface area contributed by atoms with E-state index in [0.717, 1.165) is 91.5 Å². The lowest BCUT2D eigenvalue weighted by Gasteiger charge is -2.36. The maximum Gasteiger partial charge on any atom is 0.451 e. The van der Waals surface area contributed by atoms with Gasteiger partial charge < -0.3 is 20.6 Å². The molecule has 61 heavy (non-hydrogen) atoms. The normalized spacial score (nSPS) is 21.8. The number of amides is 5. The zero-order valence-corrected chi connectivity index (χ0v) is 34.6. The van der Waals surface area contributed by atoms with E-state index < -0.39 is 58.9 Å². The van der Waals surface area contributed by atoms with Crippen LogP contribution in [0, 0.1) is 11.8 Å². The Morgan fingerprint density at radius 3 is 2.39 bits per heavy atom. The van der Waals surface area contributed by atoms with Crippen LogP contribution in [0.3, 0.4) is 0 Å². The molecule has 2 aromatic heterocycles. The third kappa shape index (κ3) is 9.02. The smallest absolute Gasteiger partial charge is 0.386 e. The van der Waals surface area contributed by atoms with Crippen molar-refractivity contribution < 1.29 is 42.3 Å². The largest absolute Gasteiger partial charge is 0.451 e. The fraction of sp³-hybridized carbons (Fsp3) is 0.488. The highest BCUT2D eigenvalue weighted by Gasteiger charge is 2.45. The molecule has 2 aromatic carbocycles. The first-order chi connectivity index (χ1) is 29.0. The lowest BCUT2D eigenvalue weighted by Crippen LogP contribution is -2.54. The van der Waals surface area contributed by atoms with E-state index in [1.54, 1.807) is 44.2 Å². The fourth-order valence-corrected chi connectivity index (χ4v) is 10.2. The zero-order valence-electron chi connectivity index (χ0n) is 33.8. The van der Waals surface area contributed by atoms with Crippen molar-refractivity contribution in [2.45, 2.75) is 95.4 Å². The van der Waals surface area contributed by atoms with Crippen LogP contribution in [0.1, 0.15) is 125 Å². The first kappa shape index (κ1) is 42.4. The molecule has 14 nitrogen and oxygen atoms in total. The first-order valence-electron chi connectivity index (χ1n) is 20.7. The minimum absolute atomic E-state index is 0.0698. The molecule has 1 atom stereocenters. The van der Waals surface area contributed by atoms with Gasteiger partial charge in [0, 0.05) is 48.6 Å². The van der Waals surface area contributed by atoms with Gasteiger partial charge in [-0.1, -0.05) is 6.07 Å². The van der Waals surface area contributed by atoms with Gasteiger partial charge in [-0.3, -0.25) is 34.2 Å². The minimum Gasteiger partial charge on any atom is -0.386 e. The highest BCUT2D eigenvalue weighted by molar-refractivity contribution is 7.18. The number of thiazole rings is 1. The molecular weight excluding hydrogens is 814 g/mol. The van der Waals surface area contributed by atoms with Crippen LogP contribution in [0.25, 0.3) is 10.2 Å². The zero-order chi connectivity index (χ0) is 43.2. The van der Waals surface area contributed by atoms with Crippen molar-refractivity contribution in [3.8, 4) is 0 Å². The van der Waals surface area contributed by atoms with E-state index in [4.69, 9.17) is 4.98 Å². The van der Waals surface area contributed by atoms with Gasteiger partial charge in [0.15, 0.2) is 0 Å². The summed E-state index contributed by atoms with van der Waals surface area (Å²) >= 11 is 1.53. The predicted molar refractivity (Wildman–Crippen MR) is 220 cm³/mol. The molecule has 4 aromatic rings. The van der Waals surface area contributed by atoms with E-state index in [-0.39, 0.29) is 35.6 Å². The molecule has 2 saturated heterocycles. The van der Waals surface area contributed by atoms with Crippen molar-refractivity contribution in [3.63, 3.8) is 0 Å². The molecule has 3 fully saturated rings. The van der Waals surface area contributed by atoms with Crippen LogP contribution in [0.2, 0.25) is 0 Å². The second-order valence-electron chi connectivity index (χ2n) is 17.0. The van der Waals surface area contributed by atoms with Gasteiger partial charge in [-0.05, 0) is 120 Å². The van der Waals surface area contributed by atoms with E-state index in [1.807, 2.05) is 0 Å². The molecule has 1 unspecified atom stereocenters. The van der Waals surface area contributed by atoms with Crippen LogP contribution in [-0.4, -0.2) is 91.6 Å². The number of hydrogen-bond donors (Lipinski definition) is 4. The molecule has 18 heteroatoms. The van der Waals surface area contributed by atoms with E-state index in [1.165, 1.54) is 11.3 Å².